The average molecular weight is 249 g/mol. The van der Waals surface area contributed by atoms with Crippen LogP contribution in [0.25, 0.3) is 0 Å². The van der Waals surface area contributed by atoms with E-state index in [-0.39, 0.29) is 0 Å². The zero-order valence-electron chi connectivity index (χ0n) is 12.0. The molecule has 1 saturated heterocycles. The van der Waals surface area contributed by atoms with Gasteiger partial charge in [-0.2, -0.15) is 0 Å². The molecule has 0 spiro atoms. The molecule has 102 valence electrons. The lowest BCUT2D eigenvalue weighted by Crippen LogP contribution is -2.45. The van der Waals surface area contributed by atoms with Crippen molar-refractivity contribution >= 4 is 0 Å². The number of aryl methyl sites for hydroxylation is 1. The molecular formula is C15H27N3. The first kappa shape index (κ1) is 13.6. The molecule has 3 heteroatoms. The first-order valence-electron chi connectivity index (χ1n) is 7.28. The van der Waals surface area contributed by atoms with Gasteiger partial charge < -0.3 is 14.8 Å². The van der Waals surface area contributed by atoms with Gasteiger partial charge in [0.25, 0.3) is 0 Å². The normalized spacial score (nSPS) is 25.5. The van der Waals surface area contributed by atoms with Gasteiger partial charge in [0.15, 0.2) is 0 Å². The lowest BCUT2D eigenvalue weighted by Gasteiger charge is -2.35. The summed E-state index contributed by atoms with van der Waals surface area (Å²) in [6, 6.07) is 5.78. The molecule has 0 aromatic carbocycles. The standard InChI is InChI=1S/C15H27N3/c1-4-8-18-9-5-6-15(18)12-16-14-7-10-17(3)13(2)11-14/h5-6,9,13-14,16H,4,7-8,10-12H2,1-3H3. The number of hydrogen-bond acceptors (Lipinski definition) is 2. The summed E-state index contributed by atoms with van der Waals surface area (Å²) in [5.41, 5.74) is 1.42. The Hall–Kier alpha value is -0.800. The number of likely N-dealkylation sites (tertiary alicyclic amines) is 1. The summed E-state index contributed by atoms with van der Waals surface area (Å²) in [5, 5.41) is 3.73. The lowest BCUT2D eigenvalue weighted by molar-refractivity contribution is 0.167. The number of rotatable bonds is 5. The first-order chi connectivity index (χ1) is 8.70. The van der Waals surface area contributed by atoms with E-state index in [2.05, 4.69) is 54.0 Å². The lowest BCUT2D eigenvalue weighted by atomic mass is 9.99. The summed E-state index contributed by atoms with van der Waals surface area (Å²) >= 11 is 0. The maximum atomic E-state index is 3.73. The molecule has 0 aliphatic carbocycles. The topological polar surface area (TPSA) is 20.2 Å². The molecule has 0 radical (unpaired) electrons. The monoisotopic (exact) mass is 249 g/mol. The van der Waals surface area contributed by atoms with Crippen molar-refractivity contribution in [1.29, 1.82) is 0 Å². The molecule has 0 amide bonds. The Morgan fingerprint density at radius 1 is 1.44 bits per heavy atom. The molecular weight excluding hydrogens is 222 g/mol. The van der Waals surface area contributed by atoms with Crippen LogP contribution < -0.4 is 5.32 Å². The van der Waals surface area contributed by atoms with E-state index < -0.39 is 0 Å². The predicted octanol–water partition coefficient (Wildman–Crippen LogP) is 2.47. The van der Waals surface area contributed by atoms with E-state index in [1.165, 1.54) is 31.5 Å². The molecule has 1 aliphatic heterocycles. The van der Waals surface area contributed by atoms with E-state index in [0.717, 1.165) is 13.1 Å². The average Bonchev–Trinajstić information content (AvgIpc) is 2.79. The Balaban J connectivity index is 1.82. The molecule has 2 heterocycles. The Morgan fingerprint density at radius 3 is 3.00 bits per heavy atom. The minimum Gasteiger partial charge on any atom is -0.350 e. The quantitative estimate of drug-likeness (QED) is 0.865. The van der Waals surface area contributed by atoms with Crippen LogP contribution in [0.15, 0.2) is 18.3 Å². The zero-order valence-corrected chi connectivity index (χ0v) is 12.0. The van der Waals surface area contributed by atoms with Crippen LogP contribution >= 0.6 is 0 Å². The largest absolute Gasteiger partial charge is 0.350 e. The van der Waals surface area contributed by atoms with Crippen molar-refractivity contribution in [1.82, 2.24) is 14.8 Å². The minimum atomic E-state index is 0.682. The molecule has 2 rings (SSSR count). The fraction of sp³-hybridized carbons (Fsp3) is 0.733. The summed E-state index contributed by atoms with van der Waals surface area (Å²) in [6.07, 6.45) is 5.94. The predicted molar refractivity (Wildman–Crippen MR) is 76.7 cm³/mol. The van der Waals surface area contributed by atoms with Gasteiger partial charge in [0.2, 0.25) is 0 Å². The molecule has 1 aromatic heterocycles. The second kappa shape index (κ2) is 6.39. The Bertz CT molecular complexity index is 358. The molecule has 0 saturated carbocycles. The zero-order chi connectivity index (χ0) is 13.0. The Kier molecular flexibility index (Phi) is 4.84. The van der Waals surface area contributed by atoms with Crippen LogP contribution in [0.5, 0.6) is 0 Å². The molecule has 0 bridgehead atoms. The summed E-state index contributed by atoms with van der Waals surface area (Å²) < 4.78 is 2.37. The van der Waals surface area contributed by atoms with Crippen LogP contribution in [0.1, 0.15) is 38.8 Å². The Labute approximate surface area is 111 Å². The fourth-order valence-electron chi connectivity index (χ4n) is 2.79. The van der Waals surface area contributed by atoms with Crippen molar-refractivity contribution in [2.75, 3.05) is 13.6 Å². The molecule has 1 aromatic rings. The van der Waals surface area contributed by atoms with Crippen LogP contribution in [0.4, 0.5) is 0 Å². The SMILES string of the molecule is CCCn1cccc1CNC1CCN(C)C(C)C1. The molecule has 1 aliphatic rings. The van der Waals surface area contributed by atoms with E-state index in [9.17, 15) is 0 Å². The van der Waals surface area contributed by atoms with E-state index in [4.69, 9.17) is 0 Å². The summed E-state index contributed by atoms with van der Waals surface area (Å²) in [7, 11) is 2.23. The van der Waals surface area contributed by atoms with Crippen molar-refractivity contribution in [2.24, 2.45) is 0 Å². The van der Waals surface area contributed by atoms with Crippen LogP contribution in [0, 0.1) is 0 Å². The van der Waals surface area contributed by atoms with E-state index >= 15 is 0 Å². The van der Waals surface area contributed by atoms with Crippen LogP contribution in [0.2, 0.25) is 0 Å². The van der Waals surface area contributed by atoms with Gasteiger partial charge in [0.1, 0.15) is 0 Å². The maximum absolute atomic E-state index is 3.73. The first-order valence-corrected chi connectivity index (χ1v) is 7.28. The summed E-state index contributed by atoms with van der Waals surface area (Å²) in [6.45, 7) is 7.92. The molecule has 1 N–H and O–H groups in total. The van der Waals surface area contributed by atoms with Crippen molar-refractivity contribution in [3.8, 4) is 0 Å². The van der Waals surface area contributed by atoms with Gasteiger partial charge >= 0.3 is 0 Å². The third kappa shape index (κ3) is 3.36. The highest BCUT2D eigenvalue weighted by atomic mass is 15.1. The third-order valence-corrected chi connectivity index (χ3v) is 4.17. The summed E-state index contributed by atoms with van der Waals surface area (Å²) in [4.78, 5) is 2.46. The highest BCUT2D eigenvalue weighted by molar-refractivity contribution is 5.07. The second-order valence-electron chi connectivity index (χ2n) is 5.62. The van der Waals surface area contributed by atoms with Gasteiger partial charge in [0, 0.05) is 37.1 Å². The molecule has 2 atom stereocenters. The van der Waals surface area contributed by atoms with Gasteiger partial charge in [0.05, 0.1) is 0 Å². The van der Waals surface area contributed by atoms with Gasteiger partial charge in [-0.15, -0.1) is 0 Å². The van der Waals surface area contributed by atoms with Crippen molar-refractivity contribution in [3.05, 3.63) is 24.0 Å². The van der Waals surface area contributed by atoms with Gasteiger partial charge in [-0.3, -0.25) is 0 Å². The van der Waals surface area contributed by atoms with E-state index in [1.807, 2.05) is 0 Å². The number of hydrogen-bond donors (Lipinski definition) is 1. The summed E-state index contributed by atoms with van der Waals surface area (Å²) in [5.74, 6) is 0. The van der Waals surface area contributed by atoms with Crippen molar-refractivity contribution < 1.29 is 0 Å². The number of aromatic nitrogens is 1. The van der Waals surface area contributed by atoms with E-state index in [0.29, 0.717) is 12.1 Å². The van der Waals surface area contributed by atoms with Crippen LogP contribution in [0.3, 0.4) is 0 Å². The van der Waals surface area contributed by atoms with Gasteiger partial charge in [-0.1, -0.05) is 6.92 Å². The molecule has 1 fully saturated rings. The van der Waals surface area contributed by atoms with Crippen molar-refractivity contribution in [3.63, 3.8) is 0 Å². The fourth-order valence-corrected chi connectivity index (χ4v) is 2.79. The van der Waals surface area contributed by atoms with E-state index in [1.54, 1.807) is 0 Å². The van der Waals surface area contributed by atoms with Crippen molar-refractivity contribution in [2.45, 2.75) is 58.3 Å². The number of nitrogens with one attached hydrogen (secondary N) is 1. The second-order valence-corrected chi connectivity index (χ2v) is 5.62. The molecule has 18 heavy (non-hydrogen) atoms. The maximum Gasteiger partial charge on any atom is 0.0361 e. The smallest absolute Gasteiger partial charge is 0.0361 e. The van der Waals surface area contributed by atoms with Crippen LogP contribution in [-0.4, -0.2) is 35.1 Å². The molecule has 2 unspecified atom stereocenters. The number of piperidine rings is 1. The third-order valence-electron chi connectivity index (χ3n) is 4.17. The molecule has 3 nitrogen and oxygen atoms in total. The van der Waals surface area contributed by atoms with Gasteiger partial charge in [-0.25, -0.2) is 0 Å². The highest BCUT2D eigenvalue weighted by Crippen LogP contribution is 2.16. The number of nitrogens with zero attached hydrogens (tertiary/aromatic N) is 2. The highest BCUT2D eigenvalue weighted by Gasteiger charge is 2.22. The van der Waals surface area contributed by atoms with Crippen LogP contribution in [-0.2, 0) is 13.1 Å². The Morgan fingerprint density at radius 2 is 2.28 bits per heavy atom. The minimum absolute atomic E-state index is 0.682. The van der Waals surface area contributed by atoms with Gasteiger partial charge in [-0.05, 0) is 51.9 Å².